The fourth-order valence-corrected chi connectivity index (χ4v) is 4.06. The lowest BCUT2D eigenvalue weighted by molar-refractivity contribution is 0.0699. The molecule has 0 radical (unpaired) electrons. The number of H-pyrrole nitrogens is 1. The fourth-order valence-electron chi connectivity index (χ4n) is 3.62. The van der Waals surface area contributed by atoms with E-state index in [2.05, 4.69) is 11.1 Å². The van der Waals surface area contributed by atoms with Crippen molar-refractivity contribution in [1.82, 2.24) is 4.98 Å². The van der Waals surface area contributed by atoms with Crippen LogP contribution in [0.5, 0.6) is 5.75 Å². The van der Waals surface area contributed by atoms with Crippen LogP contribution >= 0.6 is 11.8 Å². The maximum Gasteiger partial charge on any atom is 0.336 e. The Hall–Kier alpha value is -2.44. The van der Waals surface area contributed by atoms with Gasteiger partial charge in [-0.05, 0) is 74.4 Å². The fraction of sp³-hybridized carbons (Fsp3) is 0.318. The Kier molecular flexibility index (Phi) is 6.31. The number of carbonyl (C=O) groups is 1. The molecule has 0 unspecified atom stereocenters. The monoisotopic (exact) mass is 398 g/mol. The maximum absolute atomic E-state index is 11.9. The van der Waals surface area contributed by atoms with E-state index in [1.54, 1.807) is 24.9 Å². The minimum Gasteiger partial charge on any atom is -0.496 e. The van der Waals surface area contributed by atoms with Gasteiger partial charge in [-0.1, -0.05) is 6.07 Å². The number of methoxy groups -OCH3 is 1. The van der Waals surface area contributed by atoms with Crippen LogP contribution in [0.4, 0.5) is 0 Å². The van der Waals surface area contributed by atoms with E-state index in [-0.39, 0.29) is 0 Å². The predicted octanol–water partition coefficient (Wildman–Crippen LogP) is 4.85. The summed E-state index contributed by atoms with van der Waals surface area (Å²) in [6.45, 7) is 2.61. The molecule has 1 aromatic heterocycles. The standard InChI is InChI=1S/C22H26N2O3S/c1-13-7-9-16(22(25)26)19-15(6-4-5-11-23)21(24-20(13)19)17-12-14(28-3)8-10-18(17)27-2/h7-10,12,24H,4-6,11,23H2,1-3H3,(H,25,26). The number of aromatic amines is 1. The number of hydrogen-bond acceptors (Lipinski definition) is 4. The Morgan fingerprint density at radius 2 is 2.04 bits per heavy atom. The average molecular weight is 399 g/mol. The van der Waals surface area contributed by atoms with Crippen molar-refractivity contribution in [2.75, 3.05) is 19.9 Å². The van der Waals surface area contributed by atoms with Gasteiger partial charge in [-0.2, -0.15) is 0 Å². The molecule has 0 saturated heterocycles. The molecule has 148 valence electrons. The lowest BCUT2D eigenvalue weighted by atomic mass is 9.96. The second kappa shape index (κ2) is 8.71. The lowest BCUT2D eigenvalue weighted by Gasteiger charge is -2.12. The number of nitrogens with one attached hydrogen (secondary N) is 1. The van der Waals surface area contributed by atoms with Gasteiger partial charge in [-0.3, -0.25) is 0 Å². The molecule has 0 fully saturated rings. The summed E-state index contributed by atoms with van der Waals surface area (Å²) in [6, 6.07) is 9.63. The van der Waals surface area contributed by atoms with Crippen molar-refractivity contribution in [2.45, 2.75) is 31.1 Å². The van der Waals surface area contributed by atoms with E-state index in [0.29, 0.717) is 12.1 Å². The summed E-state index contributed by atoms with van der Waals surface area (Å²) >= 11 is 1.66. The number of ether oxygens (including phenoxy) is 1. The number of aromatic carboxylic acids is 1. The summed E-state index contributed by atoms with van der Waals surface area (Å²) in [5.41, 5.74) is 10.8. The highest BCUT2D eigenvalue weighted by molar-refractivity contribution is 7.98. The van der Waals surface area contributed by atoms with Crippen LogP contribution in [0.2, 0.25) is 0 Å². The van der Waals surface area contributed by atoms with E-state index in [4.69, 9.17) is 10.5 Å². The molecule has 0 bridgehead atoms. The minimum absolute atomic E-state index is 0.325. The van der Waals surface area contributed by atoms with Crippen molar-refractivity contribution < 1.29 is 14.6 Å². The number of hydrogen-bond donors (Lipinski definition) is 3. The van der Waals surface area contributed by atoms with Crippen LogP contribution in [0.25, 0.3) is 22.2 Å². The first kappa shape index (κ1) is 20.3. The number of unbranched alkanes of at least 4 members (excludes halogenated alkanes) is 1. The molecule has 0 aliphatic heterocycles. The third-order valence-electron chi connectivity index (χ3n) is 5.05. The summed E-state index contributed by atoms with van der Waals surface area (Å²) in [7, 11) is 1.66. The van der Waals surface area contributed by atoms with Gasteiger partial charge in [0.1, 0.15) is 5.75 Å². The average Bonchev–Trinajstić information content (AvgIpc) is 3.08. The Balaban J connectivity index is 2.33. The van der Waals surface area contributed by atoms with Crippen LogP contribution in [0, 0.1) is 6.92 Å². The molecule has 6 heteroatoms. The number of rotatable bonds is 8. The Labute approximate surface area is 169 Å². The lowest BCUT2D eigenvalue weighted by Crippen LogP contribution is -2.02. The summed E-state index contributed by atoms with van der Waals surface area (Å²) < 4.78 is 5.62. The van der Waals surface area contributed by atoms with E-state index in [1.165, 1.54) is 0 Å². The largest absolute Gasteiger partial charge is 0.496 e. The predicted molar refractivity (Wildman–Crippen MR) is 116 cm³/mol. The van der Waals surface area contributed by atoms with E-state index < -0.39 is 5.97 Å². The minimum atomic E-state index is -0.916. The van der Waals surface area contributed by atoms with Crippen molar-refractivity contribution >= 4 is 28.6 Å². The van der Waals surface area contributed by atoms with E-state index >= 15 is 0 Å². The highest BCUT2D eigenvalue weighted by Gasteiger charge is 2.22. The molecular formula is C22H26N2O3S. The Morgan fingerprint density at radius 1 is 1.25 bits per heavy atom. The molecule has 4 N–H and O–H groups in total. The highest BCUT2D eigenvalue weighted by Crippen LogP contribution is 2.40. The number of carboxylic acids is 1. The van der Waals surface area contributed by atoms with Gasteiger partial charge in [0.05, 0.1) is 18.4 Å². The number of fused-ring (bicyclic) bond motifs is 1. The molecule has 0 spiro atoms. The molecule has 3 rings (SSSR count). The van der Waals surface area contributed by atoms with Crippen molar-refractivity contribution in [1.29, 1.82) is 0 Å². The Morgan fingerprint density at radius 3 is 2.68 bits per heavy atom. The Bertz CT molecular complexity index is 1010. The number of thioether (sulfide) groups is 1. The van der Waals surface area contributed by atoms with Crippen molar-refractivity contribution in [3.8, 4) is 17.0 Å². The van der Waals surface area contributed by atoms with Crippen LogP contribution in [-0.4, -0.2) is 36.0 Å². The number of aromatic nitrogens is 1. The van der Waals surface area contributed by atoms with Crippen LogP contribution in [0.15, 0.2) is 35.2 Å². The van der Waals surface area contributed by atoms with Crippen LogP contribution in [-0.2, 0) is 6.42 Å². The van der Waals surface area contributed by atoms with Crippen LogP contribution < -0.4 is 10.5 Å². The molecule has 5 nitrogen and oxygen atoms in total. The molecule has 0 aliphatic carbocycles. The zero-order chi connectivity index (χ0) is 20.3. The SMILES string of the molecule is COc1ccc(SC)cc1-c1[nH]c2c(C)ccc(C(=O)O)c2c1CCCCN. The first-order chi connectivity index (χ1) is 13.5. The molecule has 0 amide bonds. The highest BCUT2D eigenvalue weighted by atomic mass is 32.2. The van der Waals surface area contributed by atoms with Crippen molar-refractivity contribution in [3.63, 3.8) is 0 Å². The molecule has 0 saturated carbocycles. The second-order valence-corrected chi connectivity index (χ2v) is 7.66. The van der Waals surface area contributed by atoms with Crippen molar-refractivity contribution in [3.05, 3.63) is 47.0 Å². The van der Waals surface area contributed by atoms with Gasteiger partial charge in [0.15, 0.2) is 0 Å². The smallest absolute Gasteiger partial charge is 0.336 e. The van der Waals surface area contributed by atoms with E-state index in [1.807, 2.05) is 31.4 Å². The molecule has 0 atom stereocenters. The third kappa shape index (κ3) is 3.75. The van der Waals surface area contributed by atoms with Gasteiger partial charge >= 0.3 is 5.97 Å². The second-order valence-electron chi connectivity index (χ2n) is 6.78. The van der Waals surface area contributed by atoms with Crippen LogP contribution in [0.3, 0.4) is 0 Å². The summed E-state index contributed by atoms with van der Waals surface area (Å²) in [4.78, 5) is 16.6. The molecule has 1 heterocycles. The molecular weight excluding hydrogens is 372 g/mol. The van der Waals surface area contributed by atoms with Gasteiger partial charge in [0.25, 0.3) is 0 Å². The van der Waals surface area contributed by atoms with Gasteiger partial charge in [0, 0.05) is 21.4 Å². The van der Waals surface area contributed by atoms with E-state index in [9.17, 15) is 9.90 Å². The molecule has 2 aromatic carbocycles. The molecule has 0 aliphatic rings. The van der Waals surface area contributed by atoms with E-state index in [0.717, 1.165) is 63.2 Å². The van der Waals surface area contributed by atoms with Gasteiger partial charge in [-0.15, -0.1) is 11.8 Å². The number of benzene rings is 2. The summed E-state index contributed by atoms with van der Waals surface area (Å²) in [6.07, 6.45) is 4.57. The first-order valence-corrected chi connectivity index (χ1v) is 10.5. The topological polar surface area (TPSA) is 88.3 Å². The summed E-state index contributed by atoms with van der Waals surface area (Å²) in [5, 5.41) is 10.6. The van der Waals surface area contributed by atoms with Gasteiger partial charge < -0.3 is 20.6 Å². The summed E-state index contributed by atoms with van der Waals surface area (Å²) in [5.74, 6) is -0.153. The number of nitrogens with two attached hydrogens (primary N) is 1. The molecule has 28 heavy (non-hydrogen) atoms. The normalized spacial score (nSPS) is 11.1. The van der Waals surface area contributed by atoms with Gasteiger partial charge in [-0.25, -0.2) is 4.79 Å². The quantitative estimate of drug-likeness (QED) is 0.373. The zero-order valence-electron chi connectivity index (χ0n) is 16.5. The number of aryl methyl sites for hydroxylation is 2. The van der Waals surface area contributed by atoms with Crippen molar-refractivity contribution in [2.24, 2.45) is 5.73 Å². The maximum atomic E-state index is 11.9. The van der Waals surface area contributed by atoms with Crippen LogP contribution in [0.1, 0.15) is 34.3 Å². The number of carboxylic acid groups (broad SMARTS) is 1. The third-order valence-corrected chi connectivity index (χ3v) is 5.78. The zero-order valence-corrected chi connectivity index (χ0v) is 17.3. The molecule has 3 aromatic rings. The van der Waals surface area contributed by atoms with Gasteiger partial charge in [0.2, 0.25) is 0 Å². The first-order valence-electron chi connectivity index (χ1n) is 9.31.